The van der Waals surface area contributed by atoms with Gasteiger partial charge in [-0.15, -0.1) is 0 Å². The van der Waals surface area contributed by atoms with Crippen molar-refractivity contribution < 1.29 is 9.53 Å². The lowest BCUT2D eigenvalue weighted by atomic mass is 9.93. The molecule has 3 nitrogen and oxygen atoms in total. The number of amides is 1. The van der Waals surface area contributed by atoms with E-state index in [-0.39, 0.29) is 11.9 Å². The lowest BCUT2D eigenvalue weighted by Gasteiger charge is -2.21. The van der Waals surface area contributed by atoms with Gasteiger partial charge in [0.05, 0.1) is 13.2 Å². The van der Waals surface area contributed by atoms with Crippen molar-refractivity contribution in [1.29, 1.82) is 0 Å². The van der Waals surface area contributed by atoms with Crippen molar-refractivity contribution in [2.75, 3.05) is 7.11 Å². The van der Waals surface area contributed by atoms with E-state index in [4.69, 9.17) is 4.74 Å². The van der Waals surface area contributed by atoms with Crippen LogP contribution in [0.3, 0.4) is 0 Å². The van der Waals surface area contributed by atoms with Crippen LogP contribution in [0.15, 0.2) is 72.8 Å². The first-order valence-corrected chi connectivity index (χ1v) is 10.7. The molecule has 0 unspecified atom stereocenters. The molecule has 1 atom stereocenters. The monoisotopic (exact) mass is 413 g/mol. The van der Waals surface area contributed by atoms with Gasteiger partial charge < -0.3 is 10.1 Å². The van der Waals surface area contributed by atoms with E-state index in [9.17, 15) is 4.79 Å². The number of rotatable bonds is 7. The van der Waals surface area contributed by atoms with Crippen molar-refractivity contribution >= 4 is 17.6 Å². The van der Waals surface area contributed by atoms with Gasteiger partial charge in [-0.05, 0) is 65.8 Å². The van der Waals surface area contributed by atoms with Crippen LogP contribution >= 0.6 is 0 Å². The molecule has 1 N–H and O–H groups in total. The number of methoxy groups -OCH3 is 1. The van der Waals surface area contributed by atoms with Gasteiger partial charge in [-0.25, -0.2) is 0 Å². The molecule has 0 aromatic heterocycles. The van der Waals surface area contributed by atoms with Crippen LogP contribution in [-0.4, -0.2) is 13.0 Å². The number of aryl methyl sites for hydroxylation is 1. The van der Waals surface area contributed by atoms with Gasteiger partial charge in [0.15, 0.2) is 0 Å². The zero-order valence-corrected chi connectivity index (χ0v) is 19.0. The quantitative estimate of drug-likeness (QED) is 0.352. The molecule has 1 amide bonds. The van der Waals surface area contributed by atoms with Crippen molar-refractivity contribution in [2.45, 2.75) is 39.7 Å². The van der Waals surface area contributed by atoms with Gasteiger partial charge in [0.25, 0.3) is 5.91 Å². The first kappa shape index (κ1) is 22.4. The molecule has 0 radical (unpaired) electrons. The Balaban J connectivity index is 1.94. The number of hydrogen-bond donors (Lipinski definition) is 1. The number of hydrogen-bond acceptors (Lipinski definition) is 2. The summed E-state index contributed by atoms with van der Waals surface area (Å²) in [6.45, 7) is 8.39. The van der Waals surface area contributed by atoms with Gasteiger partial charge in [-0.1, -0.05) is 74.5 Å². The van der Waals surface area contributed by atoms with E-state index in [1.54, 1.807) is 7.11 Å². The smallest absolute Gasteiger partial charge is 0.252 e. The van der Waals surface area contributed by atoms with Crippen LogP contribution in [0.25, 0.3) is 11.6 Å². The minimum atomic E-state index is -0.140. The van der Waals surface area contributed by atoms with Crippen LogP contribution in [0.4, 0.5) is 0 Å². The first-order chi connectivity index (χ1) is 14.9. The van der Waals surface area contributed by atoms with E-state index in [0.717, 1.165) is 33.6 Å². The molecular weight excluding hydrogens is 382 g/mol. The number of benzene rings is 3. The van der Waals surface area contributed by atoms with E-state index >= 15 is 0 Å². The molecule has 160 valence electrons. The minimum Gasteiger partial charge on any atom is -0.496 e. The third-order valence-corrected chi connectivity index (χ3v) is 5.49. The maximum absolute atomic E-state index is 13.4. The molecule has 0 aliphatic rings. The summed E-state index contributed by atoms with van der Waals surface area (Å²) in [6, 6.07) is 23.8. The second kappa shape index (κ2) is 10.1. The summed E-state index contributed by atoms with van der Waals surface area (Å²) in [5, 5.41) is 3.21. The van der Waals surface area contributed by atoms with E-state index < -0.39 is 0 Å². The number of ether oxygens (including phenoxy) is 1. The van der Waals surface area contributed by atoms with Gasteiger partial charge in [0.1, 0.15) is 5.75 Å². The maximum Gasteiger partial charge on any atom is 0.252 e. The van der Waals surface area contributed by atoms with Gasteiger partial charge in [-0.3, -0.25) is 4.79 Å². The minimum absolute atomic E-state index is 0.0936. The zero-order chi connectivity index (χ0) is 22.4. The van der Waals surface area contributed by atoms with Gasteiger partial charge >= 0.3 is 0 Å². The van der Waals surface area contributed by atoms with Crippen molar-refractivity contribution in [1.82, 2.24) is 5.32 Å². The number of carbonyl (C=O) groups excluding carboxylic acids is 1. The molecule has 0 aliphatic heterocycles. The highest BCUT2D eigenvalue weighted by Crippen LogP contribution is 2.32. The van der Waals surface area contributed by atoms with E-state index in [1.807, 2.05) is 73.7 Å². The normalized spacial score (nSPS) is 12.5. The fourth-order valence-electron chi connectivity index (χ4n) is 3.78. The Bertz CT molecular complexity index is 1050. The topological polar surface area (TPSA) is 38.3 Å². The fraction of sp³-hybridized carbons (Fsp3) is 0.250. The zero-order valence-electron chi connectivity index (χ0n) is 19.0. The number of nitrogens with one attached hydrogen (secondary N) is 1. The van der Waals surface area contributed by atoms with Crippen LogP contribution in [0, 0.1) is 6.92 Å². The number of carbonyl (C=O) groups is 1. The molecule has 0 fully saturated rings. The summed E-state index contributed by atoms with van der Waals surface area (Å²) >= 11 is 0. The summed E-state index contributed by atoms with van der Waals surface area (Å²) in [4.78, 5) is 13.4. The highest BCUT2D eigenvalue weighted by atomic mass is 16.5. The predicted molar refractivity (Wildman–Crippen MR) is 129 cm³/mol. The Morgan fingerprint density at radius 2 is 1.52 bits per heavy atom. The Labute approximate surface area is 185 Å². The average molecular weight is 414 g/mol. The summed E-state index contributed by atoms with van der Waals surface area (Å²) in [7, 11) is 1.70. The predicted octanol–water partition coefficient (Wildman–Crippen LogP) is 6.55. The Morgan fingerprint density at radius 1 is 0.903 bits per heavy atom. The third-order valence-electron chi connectivity index (χ3n) is 5.49. The van der Waals surface area contributed by atoms with Crippen molar-refractivity contribution in [3.8, 4) is 5.75 Å². The van der Waals surface area contributed by atoms with E-state index in [2.05, 4.69) is 38.2 Å². The van der Waals surface area contributed by atoms with Crippen LogP contribution in [-0.2, 0) is 4.79 Å². The lowest BCUT2D eigenvalue weighted by Crippen LogP contribution is -2.28. The first-order valence-electron chi connectivity index (χ1n) is 10.7. The molecule has 31 heavy (non-hydrogen) atoms. The van der Waals surface area contributed by atoms with Crippen molar-refractivity contribution in [2.24, 2.45) is 0 Å². The van der Waals surface area contributed by atoms with E-state index in [1.165, 1.54) is 0 Å². The summed E-state index contributed by atoms with van der Waals surface area (Å²) in [5.74, 6) is 1.13. The molecule has 3 aromatic rings. The van der Waals surface area contributed by atoms with Crippen molar-refractivity contribution in [3.05, 3.63) is 101 Å². The molecule has 0 aliphatic carbocycles. The fourth-order valence-corrected chi connectivity index (χ4v) is 3.78. The molecule has 3 heteroatoms. The standard InChI is InChI=1S/C28H31NO2/c1-19(2)24-18-25(20(3)16-27(24)31-5)21(4)29-28(30)26(23-14-10-7-11-15-23)17-22-12-8-6-9-13-22/h6-19,21H,1-5H3,(H,29,30)/b26-17+/t21-/m0/s1. The molecule has 0 saturated heterocycles. The summed E-state index contributed by atoms with van der Waals surface area (Å²) in [5.41, 5.74) is 5.88. The van der Waals surface area contributed by atoms with Crippen LogP contribution in [0.5, 0.6) is 5.75 Å². The summed E-state index contributed by atoms with van der Waals surface area (Å²) < 4.78 is 5.57. The highest BCUT2D eigenvalue weighted by molar-refractivity contribution is 6.24. The Morgan fingerprint density at radius 3 is 2.10 bits per heavy atom. The van der Waals surface area contributed by atoms with Gasteiger partial charge in [-0.2, -0.15) is 0 Å². The molecule has 0 heterocycles. The molecule has 0 spiro atoms. The lowest BCUT2D eigenvalue weighted by molar-refractivity contribution is -0.116. The van der Waals surface area contributed by atoms with Crippen LogP contribution in [0.1, 0.15) is 60.5 Å². The van der Waals surface area contributed by atoms with Crippen LogP contribution in [0.2, 0.25) is 0 Å². The van der Waals surface area contributed by atoms with Crippen molar-refractivity contribution in [3.63, 3.8) is 0 Å². The molecule has 0 saturated carbocycles. The molecular formula is C28H31NO2. The Hall–Kier alpha value is -3.33. The largest absolute Gasteiger partial charge is 0.496 e. The maximum atomic E-state index is 13.4. The van der Waals surface area contributed by atoms with Crippen LogP contribution < -0.4 is 10.1 Å². The van der Waals surface area contributed by atoms with Gasteiger partial charge in [0, 0.05) is 5.57 Å². The average Bonchev–Trinajstić information content (AvgIpc) is 2.78. The Kier molecular flexibility index (Phi) is 7.30. The van der Waals surface area contributed by atoms with Gasteiger partial charge in [0.2, 0.25) is 0 Å². The molecule has 3 aromatic carbocycles. The second-order valence-corrected chi connectivity index (χ2v) is 8.14. The summed E-state index contributed by atoms with van der Waals surface area (Å²) in [6.07, 6.45) is 1.94. The molecule has 0 bridgehead atoms. The third kappa shape index (κ3) is 5.43. The molecule has 3 rings (SSSR count). The van der Waals surface area contributed by atoms with E-state index in [0.29, 0.717) is 11.5 Å². The SMILES string of the molecule is COc1cc(C)c([C@H](C)NC(=O)/C(=C/c2ccccc2)c2ccccc2)cc1C(C)C. The highest BCUT2D eigenvalue weighted by Gasteiger charge is 2.19. The second-order valence-electron chi connectivity index (χ2n) is 8.14.